The predicted molar refractivity (Wildman–Crippen MR) is 90.6 cm³/mol. The number of hydrogen-bond donors (Lipinski definition) is 2. The molecule has 2 heterocycles. The molecular weight excluding hydrogens is 308 g/mol. The van der Waals surface area contributed by atoms with E-state index in [0.717, 1.165) is 24.8 Å². The van der Waals surface area contributed by atoms with Crippen molar-refractivity contribution in [1.29, 1.82) is 0 Å². The molecule has 0 aliphatic carbocycles. The molecule has 24 heavy (non-hydrogen) atoms. The Labute approximate surface area is 139 Å². The van der Waals surface area contributed by atoms with E-state index in [0.29, 0.717) is 0 Å². The first-order valence-corrected chi connectivity index (χ1v) is 8.09. The van der Waals surface area contributed by atoms with E-state index in [1.807, 2.05) is 12.1 Å². The van der Waals surface area contributed by atoms with Gasteiger partial charge in [0.05, 0.1) is 6.04 Å². The van der Waals surface area contributed by atoms with Gasteiger partial charge in [0.15, 0.2) is 0 Å². The summed E-state index contributed by atoms with van der Waals surface area (Å²) in [6.07, 6.45) is 7.89. The van der Waals surface area contributed by atoms with E-state index < -0.39 is 11.2 Å². The summed E-state index contributed by atoms with van der Waals surface area (Å²) in [6, 6.07) is 4.97. The largest absolute Gasteiger partial charge is 0.349 e. The van der Waals surface area contributed by atoms with Gasteiger partial charge < -0.3 is 9.88 Å². The zero-order chi connectivity index (χ0) is 17.4. The fraction of sp³-hybridized carbons (Fsp3) is 0.412. The Kier molecular flexibility index (Phi) is 6.48. The number of carbonyl (C=O) groups excluding carboxylic acids is 1. The minimum atomic E-state index is -0.509. The number of rotatable bonds is 8. The first-order chi connectivity index (χ1) is 11.6. The molecule has 7 nitrogen and oxygen atoms in total. The van der Waals surface area contributed by atoms with Crippen molar-refractivity contribution in [2.75, 3.05) is 0 Å². The van der Waals surface area contributed by atoms with E-state index in [-0.39, 0.29) is 24.9 Å². The minimum Gasteiger partial charge on any atom is -0.349 e. The van der Waals surface area contributed by atoms with Crippen LogP contribution >= 0.6 is 0 Å². The van der Waals surface area contributed by atoms with Crippen LogP contribution in [0.3, 0.4) is 0 Å². The van der Waals surface area contributed by atoms with Crippen LogP contribution in [0.1, 0.15) is 44.2 Å². The highest BCUT2D eigenvalue weighted by Crippen LogP contribution is 2.18. The van der Waals surface area contributed by atoms with Crippen molar-refractivity contribution in [2.24, 2.45) is 0 Å². The van der Waals surface area contributed by atoms with E-state index >= 15 is 0 Å². The molecule has 1 amide bonds. The number of pyridine rings is 1. The van der Waals surface area contributed by atoms with Crippen molar-refractivity contribution in [3.8, 4) is 0 Å². The monoisotopic (exact) mass is 330 g/mol. The topological polar surface area (TPSA) is 96.9 Å². The van der Waals surface area contributed by atoms with Gasteiger partial charge in [-0.1, -0.05) is 25.8 Å². The lowest BCUT2D eigenvalue weighted by Gasteiger charge is -2.19. The Bertz CT molecular complexity index is 767. The fourth-order valence-corrected chi connectivity index (χ4v) is 2.42. The Balaban J connectivity index is 1.97. The lowest BCUT2D eigenvalue weighted by Crippen LogP contribution is -2.32. The summed E-state index contributed by atoms with van der Waals surface area (Å²) in [6.45, 7) is 2.32. The molecule has 2 aromatic heterocycles. The average Bonchev–Trinajstić information content (AvgIpc) is 2.58. The van der Waals surface area contributed by atoms with Gasteiger partial charge in [-0.2, -0.15) is 0 Å². The maximum absolute atomic E-state index is 12.2. The second-order valence-corrected chi connectivity index (χ2v) is 5.60. The lowest BCUT2D eigenvalue weighted by atomic mass is 10.0. The smallest absolute Gasteiger partial charge is 0.328 e. The van der Waals surface area contributed by atoms with Crippen LogP contribution in [0.4, 0.5) is 0 Å². The molecule has 0 aliphatic rings. The molecule has 0 aromatic carbocycles. The molecule has 0 saturated heterocycles. The average molecular weight is 330 g/mol. The van der Waals surface area contributed by atoms with E-state index in [2.05, 4.69) is 22.2 Å². The van der Waals surface area contributed by atoms with Crippen molar-refractivity contribution in [1.82, 2.24) is 19.9 Å². The number of aromatic amines is 1. The van der Waals surface area contributed by atoms with Gasteiger partial charge in [-0.15, -0.1) is 0 Å². The molecular formula is C17H22N4O3. The van der Waals surface area contributed by atoms with Crippen molar-refractivity contribution in [3.63, 3.8) is 0 Å². The van der Waals surface area contributed by atoms with E-state index in [4.69, 9.17) is 0 Å². The van der Waals surface area contributed by atoms with Crippen LogP contribution in [0.5, 0.6) is 0 Å². The lowest BCUT2D eigenvalue weighted by molar-refractivity contribution is -0.122. The van der Waals surface area contributed by atoms with Crippen LogP contribution < -0.4 is 16.6 Å². The predicted octanol–water partition coefficient (Wildman–Crippen LogP) is 1.37. The summed E-state index contributed by atoms with van der Waals surface area (Å²) in [4.78, 5) is 41.1. The van der Waals surface area contributed by atoms with E-state index in [9.17, 15) is 14.4 Å². The number of nitrogens with zero attached hydrogens (tertiary/aromatic N) is 2. The number of aryl methyl sites for hydroxylation is 1. The standard InChI is InChI=1S/C17H22N4O3/c1-2-3-6-14(13-5-4-9-18-12-13)19-15(22)7-10-21-11-8-16(23)20-17(21)24/h4-5,8-9,11-12,14H,2-3,6-7,10H2,1H3,(H,19,22)(H,20,23,24)/t14-/m0/s1. The number of hydrogen-bond acceptors (Lipinski definition) is 4. The molecule has 0 saturated carbocycles. The number of H-pyrrole nitrogens is 1. The molecule has 2 N–H and O–H groups in total. The van der Waals surface area contributed by atoms with Crippen molar-refractivity contribution in [3.05, 3.63) is 63.2 Å². The number of amides is 1. The van der Waals surface area contributed by atoms with Crippen LogP contribution in [0.2, 0.25) is 0 Å². The van der Waals surface area contributed by atoms with Crippen molar-refractivity contribution < 1.29 is 4.79 Å². The van der Waals surface area contributed by atoms with Crippen molar-refractivity contribution >= 4 is 5.91 Å². The molecule has 0 unspecified atom stereocenters. The van der Waals surface area contributed by atoms with Crippen LogP contribution in [0, 0.1) is 0 Å². The summed E-state index contributed by atoms with van der Waals surface area (Å²) < 4.78 is 1.31. The Morgan fingerprint density at radius 2 is 2.21 bits per heavy atom. The van der Waals surface area contributed by atoms with Crippen LogP contribution in [-0.2, 0) is 11.3 Å². The third kappa shape index (κ3) is 5.19. The fourth-order valence-electron chi connectivity index (χ4n) is 2.42. The Morgan fingerprint density at radius 1 is 1.38 bits per heavy atom. The summed E-state index contributed by atoms with van der Waals surface area (Å²) >= 11 is 0. The minimum absolute atomic E-state index is 0.0848. The van der Waals surface area contributed by atoms with Crippen LogP contribution in [0.25, 0.3) is 0 Å². The van der Waals surface area contributed by atoms with Crippen LogP contribution in [0.15, 0.2) is 46.4 Å². The highest BCUT2D eigenvalue weighted by atomic mass is 16.2. The maximum Gasteiger partial charge on any atom is 0.328 e. The Hall–Kier alpha value is -2.70. The number of nitrogens with one attached hydrogen (secondary N) is 2. The normalized spacial score (nSPS) is 11.9. The van der Waals surface area contributed by atoms with Gasteiger partial charge in [-0.3, -0.25) is 19.6 Å². The van der Waals surface area contributed by atoms with Gasteiger partial charge in [0.25, 0.3) is 5.56 Å². The molecule has 0 fully saturated rings. The second-order valence-electron chi connectivity index (χ2n) is 5.60. The SMILES string of the molecule is CCCC[C@H](NC(=O)CCn1ccc(=O)[nH]c1=O)c1cccnc1. The zero-order valence-electron chi connectivity index (χ0n) is 13.7. The number of carbonyl (C=O) groups is 1. The molecule has 0 spiro atoms. The van der Waals surface area contributed by atoms with Gasteiger partial charge in [-0.05, 0) is 18.1 Å². The zero-order valence-corrected chi connectivity index (χ0v) is 13.7. The van der Waals surface area contributed by atoms with Gasteiger partial charge in [0.1, 0.15) is 0 Å². The highest BCUT2D eigenvalue weighted by Gasteiger charge is 2.14. The van der Waals surface area contributed by atoms with E-state index in [1.165, 1.54) is 16.8 Å². The van der Waals surface area contributed by atoms with E-state index in [1.54, 1.807) is 12.4 Å². The third-order valence-electron chi connectivity index (χ3n) is 3.74. The first-order valence-electron chi connectivity index (χ1n) is 8.09. The molecule has 2 rings (SSSR count). The first kappa shape index (κ1) is 17.7. The summed E-state index contributed by atoms with van der Waals surface area (Å²) in [5, 5.41) is 3.00. The molecule has 0 bridgehead atoms. The molecule has 0 aliphatic heterocycles. The van der Waals surface area contributed by atoms with Gasteiger partial charge in [-0.25, -0.2) is 4.79 Å². The second kappa shape index (κ2) is 8.81. The molecule has 0 radical (unpaired) electrons. The molecule has 2 aromatic rings. The molecule has 128 valence electrons. The summed E-state index contributed by atoms with van der Waals surface area (Å²) in [5.74, 6) is -0.141. The quantitative estimate of drug-likeness (QED) is 0.764. The Morgan fingerprint density at radius 3 is 2.88 bits per heavy atom. The highest BCUT2D eigenvalue weighted by molar-refractivity contribution is 5.76. The van der Waals surface area contributed by atoms with Gasteiger partial charge in [0, 0.05) is 37.6 Å². The maximum atomic E-state index is 12.2. The molecule has 7 heteroatoms. The van der Waals surface area contributed by atoms with Crippen molar-refractivity contribution in [2.45, 2.75) is 45.2 Å². The van der Waals surface area contributed by atoms with Crippen LogP contribution in [-0.4, -0.2) is 20.4 Å². The summed E-state index contributed by atoms with van der Waals surface area (Å²) in [5.41, 5.74) is 0.0162. The molecule has 1 atom stereocenters. The van der Waals surface area contributed by atoms with Gasteiger partial charge in [0.2, 0.25) is 5.91 Å². The van der Waals surface area contributed by atoms with Gasteiger partial charge >= 0.3 is 5.69 Å². The third-order valence-corrected chi connectivity index (χ3v) is 3.74. The number of aromatic nitrogens is 3. The summed E-state index contributed by atoms with van der Waals surface area (Å²) in [7, 11) is 0. The number of unbranched alkanes of at least 4 members (excludes halogenated alkanes) is 1.